The zero-order chi connectivity index (χ0) is 7.44. The molecule has 0 radical (unpaired) electrons. The van der Waals surface area contributed by atoms with E-state index in [9.17, 15) is 4.79 Å². The number of aliphatic carboxylic acids is 1. The van der Waals surface area contributed by atoms with Crippen molar-refractivity contribution in [2.24, 2.45) is 0 Å². The number of carboxylic acid groups (broad SMARTS) is 1. The summed E-state index contributed by atoms with van der Waals surface area (Å²) in [5.41, 5.74) is 0. The number of halogens is 1. The van der Waals surface area contributed by atoms with E-state index in [1.165, 1.54) is 11.8 Å². The molecule has 0 saturated heterocycles. The fourth-order valence-corrected chi connectivity index (χ4v) is 1.48. The van der Waals surface area contributed by atoms with E-state index >= 15 is 0 Å². The number of hydrogen-bond donors (Lipinski definition) is 1. The molecule has 2 unspecified atom stereocenters. The smallest absolute Gasteiger partial charge is 0.318 e. The number of rotatable bonds is 3. The molecule has 0 rings (SSSR count). The van der Waals surface area contributed by atoms with Gasteiger partial charge >= 0.3 is 5.97 Å². The van der Waals surface area contributed by atoms with Crippen LogP contribution in [0.1, 0.15) is 6.92 Å². The Morgan fingerprint density at radius 1 is 1.78 bits per heavy atom. The summed E-state index contributed by atoms with van der Waals surface area (Å²) < 4.78 is 0. The molecule has 0 spiro atoms. The van der Waals surface area contributed by atoms with Crippen LogP contribution in [-0.2, 0) is 4.79 Å². The number of thioether (sulfide) groups is 1. The molecule has 0 amide bonds. The van der Waals surface area contributed by atoms with Crippen LogP contribution >= 0.6 is 23.4 Å². The Kier molecular flexibility index (Phi) is 4.06. The SMILES string of the molecule is CSC(C(=O)O)C(C)Cl. The van der Waals surface area contributed by atoms with Crippen LogP contribution in [-0.4, -0.2) is 28.0 Å². The Bertz CT molecular complexity index is 105. The molecule has 0 aromatic rings. The normalized spacial score (nSPS) is 16.8. The zero-order valence-electron chi connectivity index (χ0n) is 5.30. The summed E-state index contributed by atoms with van der Waals surface area (Å²) in [6.45, 7) is 1.68. The third-order valence-electron chi connectivity index (χ3n) is 0.915. The average Bonchev–Trinajstić information content (AvgIpc) is 1.64. The highest BCUT2D eigenvalue weighted by atomic mass is 35.5. The van der Waals surface area contributed by atoms with Crippen LogP contribution in [0.2, 0.25) is 0 Å². The maximum atomic E-state index is 10.3. The fraction of sp³-hybridized carbons (Fsp3) is 0.800. The van der Waals surface area contributed by atoms with E-state index in [2.05, 4.69) is 0 Å². The second kappa shape index (κ2) is 4.01. The fourth-order valence-electron chi connectivity index (χ4n) is 0.485. The summed E-state index contributed by atoms with van der Waals surface area (Å²) >= 11 is 6.79. The summed E-state index contributed by atoms with van der Waals surface area (Å²) in [6, 6.07) is 0. The Labute approximate surface area is 63.6 Å². The van der Waals surface area contributed by atoms with Crippen molar-refractivity contribution in [1.29, 1.82) is 0 Å². The quantitative estimate of drug-likeness (QED) is 0.648. The molecule has 0 aliphatic carbocycles. The maximum Gasteiger partial charge on any atom is 0.318 e. The van der Waals surface area contributed by atoms with Crippen molar-refractivity contribution in [2.75, 3.05) is 6.26 Å². The molecular formula is C5H9ClO2S. The number of hydrogen-bond acceptors (Lipinski definition) is 2. The molecular weight excluding hydrogens is 160 g/mol. The van der Waals surface area contributed by atoms with E-state index in [1.807, 2.05) is 0 Å². The summed E-state index contributed by atoms with van der Waals surface area (Å²) in [5.74, 6) is -0.843. The van der Waals surface area contributed by atoms with Gasteiger partial charge in [-0.1, -0.05) is 0 Å². The van der Waals surface area contributed by atoms with E-state index in [0.717, 1.165) is 0 Å². The van der Waals surface area contributed by atoms with Gasteiger partial charge in [0.25, 0.3) is 0 Å². The molecule has 0 fully saturated rings. The predicted octanol–water partition coefficient (Wildman–Crippen LogP) is 1.43. The highest BCUT2D eigenvalue weighted by Gasteiger charge is 2.20. The highest BCUT2D eigenvalue weighted by Crippen LogP contribution is 2.15. The first kappa shape index (κ1) is 9.11. The Morgan fingerprint density at radius 3 is 2.22 bits per heavy atom. The highest BCUT2D eigenvalue weighted by molar-refractivity contribution is 8.00. The van der Waals surface area contributed by atoms with Crippen LogP contribution in [0, 0.1) is 0 Å². The van der Waals surface area contributed by atoms with Gasteiger partial charge in [0.15, 0.2) is 0 Å². The molecule has 0 bridgehead atoms. The van der Waals surface area contributed by atoms with Crippen molar-refractivity contribution in [3.8, 4) is 0 Å². The number of carboxylic acids is 1. The molecule has 0 saturated carbocycles. The summed E-state index contributed by atoms with van der Waals surface area (Å²) in [4.78, 5) is 10.3. The van der Waals surface area contributed by atoms with Crippen molar-refractivity contribution >= 4 is 29.3 Å². The topological polar surface area (TPSA) is 37.3 Å². The van der Waals surface area contributed by atoms with Gasteiger partial charge < -0.3 is 5.11 Å². The first-order valence-corrected chi connectivity index (χ1v) is 4.21. The number of carbonyl (C=O) groups is 1. The number of alkyl halides is 1. The molecule has 54 valence electrons. The minimum atomic E-state index is -0.843. The lowest BCUT2D eigenvalue weighted by Gasteiger charge is -2.09. The molecule has 2 atom stereocenters. The minimum Gasteiger partial charge on any atom is -0.480 e. The minimum absolute atomic E-state index is 0.308. The van der Waals surface area contributed by atoms with Gasteiger partial charge in [-0.3, -0.25) is 4.79 Å². The predicted molar refractivity (Wildman–Crippen MR) is 40.3 cm³/mol. The van der Waals surface area contributed by atoms with Crippen LogP contribution in [0.15, 0.2) is 0 Å². The van der Waals surface area contributed by atoms with Gasteiger partial charge in [-0.25, -0.2) is 0 Å². The van der Waals surface area contributed by atoms with Gasteiger partial charge in [-0.05, 0) is 13.2 Å². The molecule has 0 aliphatic rings. The lowest BCUT2D eigenvalue weighted by Crippen LogP contribution is -2.24. The molecule has 4 heteroatoms. The van der Waals surface area contributed by atoms with E-state index in [1.54, 1.807) is 13.2 Å². The van der Waals surface area contributed by atoms with Crippen LogP contribution in [0.5, 0.6) is 0 Å². The van der Waals surface area contributed by atoms with Crippen molar-refractivity contribution in [2.45, 2.75) is 17.6 Å². The monoisotopic (exact) mass is 168 g/mol. The van der Waals surface area contributed by atoms with Gasteiger partial charge in [0, 0.05) is 0 Å². The van der Waals surface area contributed by atoms with Gasteiger partial charge in [0.05, 0.1) is 5.38 Å². The largest absolute Gasteiger partial charge is 0.480 e. The third-order valence-corrected chi connectivity index (χ3v) is 2.43. The average molecular weight is 169 g/mol. The van der Waals surface area contributed by atoms with Gasteiger partial charge in [0.1, 0.15) is 5.25 Å². The van der Waals surface area contributed by atoms with Crippen LogP contribution in [0.4, 0.5) is 0 Å². The second-order valence-corrected chi connectivity index (χ2v) is 3.34. The van der Waals surface area contributed by atoms with Crippen molar-refractivity contribution < 1.29 is 9.90 Å². The van der Waals surface area contributed by atoms with Crippen molar-refractivity contribution in [1.82, 2.24) is 0 Å². The molecule has 0 aromatic carbocycles. The second-order valence-electron chi connectivity index (χ2n) is 1.67. The first-order chi connectivity index (χ1) is 4.09. The van der Waals surface area contributed by atoms with E-state index in [4.69, 9.17) is 16.7 Å². The van der Waals surface area contributed by atoms with E-state index in [0.29, 0.717) is 0 Å². The lowest BCUT2D eigenvalue weighted by atomic mass is 10.3. The molecule has 2 nitrogen and oxygen atoms in total. The van der Waals surface area contributed by atoms with Crippen molar-refractivity contribution in [3.63, 3.8) is 0 Å². The standard InChI is InChI=1S/C5H9ClO2S/c1-3(6)4(9-2)5(7)8/h3-4H,1-2H3,(H,7,8). The summed E-state index contributed by atoms with van der Waals surface area (Å²) in [7, 11) is 0. The van der Waals surface area contributed by atoms with Crippen LogP contribution in [0.3, 0.4) is 0 Å². The zero-order valence-corrected chi connectivity index (χ0v) is 6.87. The first-order valence-electron chi connectivity index (χ1n) is 2.49. The lowest BCUT2D eigenvalue weighted by molar-refractivity contribution is -0.136. The van der Waals surface area contributed by atoms with Gasteiger partial charge in [-0.2, -0.15) is 0 Å². The van der Waals surface area contributed by atoms with E-state index in [-0.39, 0.29) is 5.38 Å². The molecule has 0 aromatic heterocycles. The van der Waals surface area contributed by atoms with Crippen molar-refractivity contribution in [3.05, 3.63) is 0 Å². The van der Waals surface area contributed by atoms with E-state index < -0.39 is 11.2 Å². The summed E-state index contributed by atoms with van der Waals surface area (Å²) in [6.07, 6.45) is 1.73. The molecule has 1 N–H and O–H groups in total. The van der Waals surface area contributed by atoms with Gasteiger partial charge in [0.2, 0.25) is 0 Å². The van der Waals surface area contributed by atoms with Crippen LogP contribution < -0.4 is 0 Å². The Hall–Kier alpha value is 0.110. The summed E-state index contributed by atoms with van der Waals surface area (Å²) in [5, 5.41) is 7.65. The maximum absolute atomic E-state index is 10.3. The molecule has 0 heterocycles. The molecule has 0 aliphatic heterocycles. The van der Waals surface area contributed by atoms with Gasteiger partial charge in [-0.15, -0.1) is 23.4 Å². The Morgan fingerprint density at radius 2 is 2.22 bits per heavy atom. The Balaban J connectivity index is 3.83. The third kappa shape index (κ3) is 2.96. The van der Waals surface area contributed by atoms with Crippen LogP contribution in [0.25, 0.3) is 0 Å². The molecule has 9 heavy (non-hydrogen) atoms.